The molecule has 1 atom stereocenters. The Morgan fingerprint density at radius 1 is 0.878 bits per heavy atom. The molecule has 0 aliphatic heterocycles. The molecule has 41 heavy (non-hydrogen) atoms. The summed E-state index contributed by atoms with van der Waals surface area (Å²) in [5, 5.41) is 3.86. The van der Waals surface area contributed by atoms with Crippen LogP contribution in [0.5, 0.6) is 0 Å². The van der Waals surface area contributed by atoms with Crippen LogP contribution in [0.2, 0.25) is 20.1 Å². The standard InChI is InChI=1S/C29H31Cl4N3O4S/c1-4-26(29(38)34-16-19(2)3)35(17-20-10-12-23(31)24(32)14-20)28(37)18-36(27-13-11-21(30)15-25(27)33)41(39,40)22-8-6-5-7-9-22/h5-15,19,26H,4,16-18H2,1-3H3,(H,34,38)/t26-/m1/s1. The molecule has 3 rings (SSSR count). The molecule has 0 aromatic heterocycles. The first-order valence-electron chi connectivity index (χ1n) is 12.9. The molecule has 0 fully saturated rings. The molecular weight excluding hydrogens is 628 g/mol. The van der Waals surface area contributed by atoms with Gasteiger partial charge in [-0.15, -0.1) is 0 Å². The second-order valence-corrected chi connectivity index (χ2v) is 13.3. The Kier molecular flexibility index (Phi) is 11.8. The lowest BCUT2D eigenvalue weighted by molar-refractivity contribution is -0.140. The first-order valence-corrected chi connectivity index (χ1v) is 15.8. The van der Waals surface area contributed by atoms with Crippen molar-refractivity contribution in [2.75, 3.05) is 17.4 Å². The van der Waals surface area contributed by atoms with Gasteiger partial charge in [0.05, 0.1) is 25.7 Å². The smallest absolute Gasteiger partial charge is 0.264 e. The van der Waals surface area contributed by atoms with Gasteiger partial charge in [0.2, 0.25) is 11.8 Å². The van der Waals surface area contributed by atoms with Crippen molar-refractivity contribution in [1.82, 2.24) is 10.2 Å². The zero-order chi connectivity index (χ0) is 30.3. The zero-order valence-corrected chi connectivity index (χ0v) is 26.6. The van der Waals surface area contributed by atoms with E-state index in [9.17, 15) is 18.0 Å². The van der Waals surface area contributed by atoms with Crippen LogP contribution in [0.15, 0.2) is 71.6 Å². The summed E-state index contributed by atoms with van der Waals surface area (Å²) in [6.07, 6.45) is 0.282. The Morgan fingerprint density at radius 2 is 1.56 bits per heavy atom. The van der Waals surface area contributed by atoms with Crippen LogP contribution < -0.4 is 9.62 Å². The fourth-order valence-electron chi connectivity index (χ4n) is 4.09. The largest absolute Gasteiger partial charge is 0.354 e. The third-order valence-corrected chi connectivity index (χ3v) is 9.25. The van der Waals surface area contributed by atoms with Gasteiger partial charge in [0.1, 0.15) is 12.6 Å². The summed E-state index contributed by atoms with van der Waals surface area (Å²) in [7, 11) is -4.26. The van der Waals surface area contributed by atoms with Crippen molar-refractivity contribution < 1.29 is 18.0 Å². The van der Waals surface area contributed by atoms with Crippen molar-refractivity contribution in [3.63, 3.8) is 0 Å². The molecule has 1 N–H and O–H groups in total. The summed E-state index contributed by atoms with van der Waals surface area (Å²) < 4.78 is 28.7. The summed E-state index contributed by atoms with van der Waals surface area (Å²) in [5.41, 5.74) is 0.685. The normalized spacial score (nSPS) is 12.2. The molecule has 0 radical (unpaired) electrons. The first-order chi connectivity index (χ1) is 19.3. The minimum absolute atomic E-state index is 0.0170. The number of carbonyl (C=O) groups is 2. The number of hydrogen-bond donors (Lipinski definition) is 1. The van der Waals surface area contributed by atoms with E-state index in [4.69, 9.17) is 46.4 Å². The lowest BCUT2D eigenvalue weighted by atomic mass is 10.1. The van der Waals surface area contributed by atoms with E-state index in [1.54, 1.807) is 43.3 Å². The third-order valence-electron chi connectivity index (χ3n) is 6.20. The minimum Gasteiger partial charge on any atom is -0.354 e. The van der Waals surface area contributed by atoms with Gasteiger partial charge in [0.25, 0.3) is 10.0 Å². The molecular formula is C29H31Cl4N3O4S. The van der Waals surface area contributed by atoms with Crippen molar-refractivity contribution >= 4 is 73.9 Å². The molecule has 0 heterocycles. The fraction of sp³-hybridized carbons (Fsp3) is 0.310. The SMILES string of the molecule is CC[C@H](C(=O)NCC(C)C)N(Cc1ccc(Cl)c(Cl)c1)C(=O)CN(c1ccc(Cl)cc1Cl)S(=O)(=O)c1ccccc1. The highest BCUT2D eigenvalue weighted by atomic mass is 35.5. The summed E-state index contributed by atoms with van der Waals surface area (Å²) in [6.45, 7) is 5.47. The van der Waals surface area contributed by atoms with Gasteiger partial charge in [-0.05, 0) is 60.4 Å². The van der Waals surface area contributed by atoms with E-state index >= 15 is 0 Å². The van der Waals surface area contributed by atoms with E-state index in [0.717, 1.165) is 4.31 Å². The van der Waals surface area contributed by atoms with Gasteiger partial charge in [0.15, 0.2) is 0 Å². The summed E-state index contributed by atoms with van der Waals surface area (Å²) in [5.74, 6) is -0.779. The molecule has 0 aliphatic rings. The van der Waals surface area contributed by atoms with Gasteiger partial charge in [0, 0.05) is 18.1 Å². The Morgan fingerprint density at radius 3 is 2.15 bits per heavy atom. The number of hydrogen-bond acceptors (Lipinski definition) is 4. The number of carbonyl (C=O) groups excluding carboxylic acids is 2. The van der Waals surface area contributed by atoms with Crippen molar-refractivity contribution in [2.24, 2.45) is 5.92 Å². The molecule has 0 saturated carbocycles. The topological polar surface area (TPSA) is 86.8 Å². The van der Waals surface area contributed by atoms with Crippen LogP contribution in [-0.2, 0) is 26.2 Å². The average Bonchev–Trinajstić information content (AvgIpc) is 2.93. The second-order valence-electron chi connectivity index (χ2n) is 9.75. The molecule has 2 amide bonds. The van der Waals surface area contributed by atoms with Crippen LogP contribution in [0.25, 0.3) is 0 Å². The fourth-order valence-corrected chi connectivity index (χ4v) is 6.43. The molecule has 0 unspecified atom stereocenters. The van der Waals surface area contributed by atoms with Crippen molar-refractivity contribution in [1.29, 1.82) is 0 Å². The van der Waals surface area contributed by atoms with Gasteiger partial charge < -0.3 is 10.2 Å². The third kappa shape index (κ3) is 8.52. The quantitative estimate of drug-likeness (QED) is 0.225. The summed E-state index contributed by atoms with van der Waals surface area (Å²) in [6, 6.07) is 16.0. The van der Waals surface area contributed by atoms with E-state index in [2.05, 4.69) is 5.32 Å². The van der Waals surface area contributed by atoms with E-state index in [0.29, 0.717) is 22.2 Å². The number of rotatable bonds is 12. The molecule has 3 aromatic carbocycles. The number of nitrogens with zero attached hydrogens (tertiary/aromatic N) is 2. The molecule has 0 aliphatic carbocycles. The molecule has 7 nitrogen and oxygen atoms in total. The summed E-state index contributed by atoms with van der Waals surface area (Å²) in [4.78, 5) is 28.7. The highest BCUT2D eigenvalue weighted by Crippen LogP contribution is 2.33. The molecule has 220 valence electrons. The average molecular weight is 659 g/mol. The maximum atomic E-state index is 14.1. The number of anilines is 1. The number of benzene rings is 3. The van der Waals surface area contributed by atoms with E-state index in [1.807, 2.05) is 13.8 Å². The maximum absolute atomic E-state index is 14.1. The van der Waals surface area contributed by atoms with Gasteiger partial charge in [-0.3, -0.25) is 13.9 Å². The van der Waals surface area contributed by atoms with Crippen LogP contribution >= 0.6 is 46.4 Å². The molecule has 0 spiro atoms. The summed E-state index contributed by atoms with van der Waals surface area (Å²) >= 11 is 24.8. The number of amides is 2. The molecule has 12 heteroatoms. The van der Waals surface area contributed by atoms with Crippen molar-refractivity contribution in [3.8, 4) is 0 Å². The zero-order valence-electron chi connectivity index (χ0n) is 22.8. The lowest BCUT2D eigenvalue weighted by Crippen LogP contribution is -2.52. The minimum atomic E-state index is -4.26. The Bertz CT molecular complexity index is 1490. The van der Waals surface area contributed by atoms with E-state index < -0.39 is 28.5 Å². The van der Waals surface area contributed by atoms with Crippen molar-refractivity contribution in [3.05, 3.63) is 92.4 Å². The van der Waals surface area contributed by atoms with Crippen LogP contribution in [0.4, 0.5) is 5.69 Å². The predicted octanol–water partition coefficient (Wildman–Crippen LogP) is 7.08. The predicted molar refractivity (Wildman–Crippen MR) is 166 cm³/mol. The molecule has 0 bridgehead atoms. The highest BCUT2D eigenvalue weighted by molar-refractivity contribution is 7.92. The lowest BCUT2D eigenvalue weighted by Gasteiger charge is -2.33. The van der Waals surface area contributed by atoms with Crippen LogP contribution in [0, 0.1) is 5.92 Å². The van der Waals surface area contributed by atoms with Gasteiger partial charge >= 0.3 is 0 Å². The molecule has 0 saturated heterocycles. The van der Waals surface area contributed by atoms with Crippen LogP contribution in [0.1, 0.15) is 32.8 Å². The van der Waals surface area contributed by atoms with E-state index in [1.165, 1.54) is 35.2 Å². The second kappa shape index (κ2) is 14.6. The van der Waals surface area contributed by atoms with Gasteiger partial charge in [-0.1, -0.05) is 91.4 Å². The highest BCUT2D eigenvalue weighted by Gasteiger charge is 2.34. The van der Waals surface area contributed by atoms with Gasteiger partial charge in [-0.2, -0.15) is 0 Å². The van der Waals surface area contributed by atoms with Crippen LogP contribution in [0.3, 0.4) is 0 Å². The Balaban J connectivity index is 2.08. The first kappa shape index (κ1) is 33.0. The van der Waals surface area contributed by atoms with Crippen molar-refractivity contribution in [2.45, 2.75) is 44.7 Å². The Labute approximate surface area is 261 Å². The monoisotopic (exact) mass is 657 g/mol. The maximum Gasteiger partial charge on any atom is 0.264 e. The van der Waals surface area contributed by atoms with Gasteiger partial charge in [-0.25, -0.2) is 8.42 Å². The van der Waals surface area contributed by atoms with Crippen LogP contribution in [-0.4, -0.2) is 44.3 Å². The molecule has 3 aromatic rings. The van der Waals surface area contributed by atoms with E-state index in [-0.39, 0.29) is 45.4 Å². The number of sulfonamides is 1. The number of nitrogens with one attached hydrogen (secondary N) is 1. The Hall–Kier alpha value is -2.49. The number of halogens is 4.